The highest BCUT2D eigenvalue weighted by atomic mass is 16.2. The van der Waals surface area contributed by atoms with Gasteiger partial charge in [0.25, 0.3) is 0 Å². The number of carbonyl (C=O) groups excluding carboxylic acids is 1. The number of para-hydroxylation sites is 1. The molecule has 0 bridgehead atoms. The van der Waals surface area contributed by atoms with Gasteiger partial charge in [-0.2, -0.15) is 0 Å². The minimum Gasteiger partial charge on any atom is -0.306 e. The molecule has 0 saturated carbocycles. The van der Waals surface area contributed by atoms with Crippen LogP contribution in [0.3, 0.4) is 0 Å². The Bertz CT molecular complexity index is 369. The number of benzene rings is 1. The Balaban J connectivity index is 2.29. The summed E-state index contributed by atoms with van der Waals surface area (Å²) in [6.45, 7) is 1.99. The summed E-state index contributed by atoms with van der Waals surface area (Å²) in [5, 5.41) is 0. The fraction of sp³-hybridized carbons (Fsp3) is 0.308. The molecular formula is C13H15NO. The molecule has 2 rings (SSSR count). The van der Waals surface area contributed by atoms with Crippen molar-refractivity contribution >= 4 is 11.6 Å². The number of hydrogen-bond acceptors (Lipinski definition) is 1. The molecule has 1 fully saturated rings. The lowest BCUT2D eigenvalue weighted by Gasteiger charge is -2.22. The van der Waals surface area contributed by atoms with E-state index >= 15 is 0 Å². The summed E-state index contributed by atoms with van der Waals surface area (Å²) in [7, 11) is 0. The second-order valence-electron chi connectivity index (χ2n) is 3.73. The number of hydrogen-bond donors (Lipinski definition) is 0. The molecule has 1 aliphatic rings. The molecule has 78 valence electrons. The quantitative estimate of drug-likeness (QED) is 0.674. The first kappa shape index (κ1) is 9.97. The SMILES string of the molecule is C/C=C/C1CCC(=O)N1c1ccccc1. The summed E-state index contributed by atoms with van der Waals surface area (Å²) >= 11 is 0. The molecule has 0 spiro atoms. The first-order chi connectivity index (χ1) is 7.33. The molecule has 1 amide bonds. The zero-order chi connectivity index (χ0) is 10.7. The normalized spacial score (nSPS) is 21.5. The Morgan fingerprint density at radius 1 is 1.33 bits per heavy atom. The van der Waals surface area contributed by atoms with Gasteiger partial charge in [-0.3, -0.25) is 4.79 Å². The monoisotopic (exact) mass is 201 g/mol. The topological polar surface area (TPSA) is 20.3 Å². The third-order valence-corrected chi connectivity index (χ3v) is 2.70. The van der Waals surface area contributed by atoms with E-state index < -0.39 is 0 Å². The molecule has 0 N–H and O–H groups in total. The van der Waals surface area contributed by atoms with Crippen molar-refractivity contribution in [3.05, 3.63) is 42.5 Å². The summed E-state index contributed by atoms with van der Waals surface area (Å²) < 4.78 is 0. The van der Waals surface area contributed by atoms with Crippen LogP contribution in [0.2, 0.25) is 0 Å². The molecule has 1 unspecified atom stereocenters. The molecule has 0 radical (unpaired) electrons. The van der Waals surface area contributed by atoms with Gasteiger partial charge in [-0.15, -0.1) is 0 Å². The van der Waals surface area contributed by atoms with E-state index in [0.717, 1.165) is 12.1 Å². The van der Waals surface area contributed by atoms with Crippen LogP contribution in [0.15, 0.2) is 42.5 Å². The minimum atomic E-state index is 0.226. The van der Waals surface area contributed by atoms with Crippen LogP contribution in [0.4, 0.5) is 5.69 Å². The number of allylic oxidation sites excluding steroid dienone is 1. The molecular weight excluding hydrogens is 186 g/mol. The molecule has 15 heavy (non-hydrogen) atoms. The fourth-order valence-electron chi connectivity index (χ4n) is 2.03. The van der Waals surface area contributed by atoms with Crippen LogP contribution >= 0.6 is 0 Å². The second kappa shape index (κ2) is 4.30. The van der Waals surface area contributed by atoms with Crippen LogP contribution < -0.4 is 4.90 Å². The van der Waals surface area contributed by atoms with Crippen molar-refractivity contribution in [1.29, 1.82) is 0 Å². The third-order valence-electron chi connectivity index (χ3n) is 2.70. The van der Waals surface area contributed by atoms with Gasteiger partial charge in [-0.25, -0.2) is 0 Å². The van der Waals surface area contributed by atoms with Crippen LogP contribution in [0.5, 0.6) is 0 Å². The Morgan fingerprint density at radius 3 is 2.73 bits per heavy atom. The average molecular weight is 201 g/mol. The van der Waals surface area contributed by atoms with E-state index in [-0.39, 0.29) is 11.9 Å². The van der Waals surface area contributed by atoms with Gasteiger partial charge in [0.15, 0.2) is 0 Å². The number of nitrogens with zero attached hydrogens (tertiary/aromatic N) is 1. The lowest BCUT2D eigenvalue weighted by molar-refractivity contribution is -0.117. The molecule has 2 nitrogen and oxygen atoms in total. The molecule has 0 aromatic heterocycles. The van der Waals surface area contributed by atoms with Crippen molar-refractivity contribution < 1.29 is 4.79 Å². The standard InChI is InChI=1S/C13H15NO/c1-2-6-11-9-10-13(15)14(11)12-7-4-3-5-8-12/h2-8,11H,9-10H2,1H3/b6-2+. The van der Waals surface area contributed by atoms with Crippen LogP contribution in [0.25, 0.3) is 0 Å². The smallest absolute Gasteiger partial charge is 0.227 e. The Hall–Kier alpha value is -1.57. The van der Waals surface area contributed by atoms with E-state index in [4.69, 9.17) is 0 Å². The number of carbonyl (C=O) groups is 1. The van der Waals surface area contributed by atoms with E-state index in [1.807, 2.05) is 48.2 Å². The van der Waals surface area contributed by atoms with E-state index in [1.54, 1.807) is 0 Å². The predicted octanol–water partition coefficient (Wildman–Crippen LogP) is 2.76. The predicted molar refractivity (Wildman–Crippen MR) is 61.8 cm³/mol. The van der Waals surface area contributed by atoms with E-state index in [1.165, 1.54) is 0 Å². The van der Waals surface area contributed by atoms with Crippen LogP contribution in [0.1, 0.15) is 19.8 Å². The first-order valence-corrected chi connectivity index (χ1v) is 5.33. The average Bonchev–Trinajstić information content (AvgIpc) is 2.62. The molecule has 2 heteroatoms. The molecule has 1 aromatic carbocycles. The van der Waals surface area contributed by atoms with Crippen LogP contribution in [-0.4, -0.2) is 11.9 Å². The van der Waals surface area contributed by atoms with Gasteiger partial charge in [-0.05, 0) is 25.5 Å². The maximum atomic E-state index is 11.8. The van der Waals surface area contributed by atoms with Crippen LogP contribution in [-0.2, 0) is 4.79 Å². The van der Waals surface area contributed by atoms with Crippen molar-refractivity contribution in [2.45, 2.75) is 25.8 Å². The molecule has 1 saturated heterocycles. The summed E-state index contributed by atoms with van der Waals surface area (Å²) in [5.41, 5.74) is 1.00. The molecule has 1 atom stereocenters. The summed E-state index contributed by atoms with van der Waals surface area (Å²) in [6.07, 6.45) is 5.69. The zero-order valence-electron chi connectivity index (χ0n) is 8.89. The summed E-state index contributed by atoms with van der Waals surface area (Å²) in [6, 6.07) is 10.1. The molecule has 1 aliphatic heterocycles. The lowest BCUT2D eigenvalue weighted by Crippen LogP contribution is -2.31. The van der Waals surface area contributed by atoms with Crippen molar-refractivity contribution in [3.63, 3.8) is 0 Å². The first-order valence-electron chi connectivity index (χ1n) is 5.33. The third kappa shape index (κ3) is 1.94. The van der Waals surface area contributed by atoms with Gasteiger partial charge >= 0.3 is 0 Å². The largest absolute Gasteiger partial charge is 0.306 e. The fourth-order valence-corrected chi connectivity index (χ4v) is 2.03. The van der Waals surface area contributed by atoms with Gasteiger partial charge in [0.2, 0.25) is 5.91 Å². The van der Waals surface area contributed by atoms with Crippen molar-refractivity contribution in [3.8, 4) is 0 Å². The molecule has 1 heterocycles. The summed E-state index contributed by atoms with van der Waals surface area (Å²) in [4.78, 5) is 13.6. The Labute approximate surface area is 90.2 Å². The molecule has 0 aliphatic carbocycles. The van der Waals surface area contributed by atoms with Gasteiger partial charge in [0.05, 0.1) is 6.04 Å². The Morgan fingerprint density at radius 2 is 2.07 bits per heavy atom. The van der Waals surface area contributed by atoms with Crippen molar-refractivity contribution in [2.24, 2.45) is 0 Å². The zero-order valence-corrected chi connectivity index (χ0v) is 8.89. The summed E-state index contributed by atoms with van der Waals surface area (Å²) in [5.74, 6) is 0.226. The second-order valence-corrected chi connectivity index (χ2v) is 3.73. The highest BCUT2D eigenvalue weighted by molar-refractivity contribution is 5.96. The van der Waals surface area contributed by atoms with Crippen molar-refractivity contribution in [2.75, 3.05) is 4.90 Å². The van der Waals surface area contributed by atoms with E-state index in [0.29, 0.717) is 6.42 Å². The van der Waals surface area contributed by atoms with Gasteiger partial charge < -0.3 is 4.90 Å². The lowest BCUT2D eigenvalue weighted by atomic mass is 10.2. The number of anilines is 1. The highest BCUT2D eigenvalue weighted by Gasteiger charge is 2.29. The van der Waals surface area contributed by atoms with Gasteiger partial charge in [-0.1, -0.05) is 30.4 Å². The molecule has 1 aromatic rings. The van der Waals surface area contributed by atoms with Gasteiger partial charge in [0, 0.05) is 12.1 Å². The maximum absolute atomic E-state index is 11.8. The highest BCUT2D eigenvalue weighted by Crippen LogP contribution is 2.26. The van der Waals surface area contributed by atoms with Crippen LogP contribution in [0, 0.1) is 0 Å². The minimum absolute atomic E-state index is 0.226. The van der Waals surface area contributed by atoms with E-state index in [2.05, 4.69) is 6.08 Å². The number of rotatable bonds is 2. The van der Waals surface area contributed by atoms with Crippen molar-refractivity contribution in [1.82, 2.24) is 0 Å². The van der Waals surface area contributed by atoms with E-state index in [9.17, 15) is 4.79 Å². The Kier molecular flexibility index (Phi) is 2.86. The van der Waals surface area contributed by atoms with Gasteiger partial charge in [0.1, 0.15) is 0 Å². The maximum Gasteiger partial charge on any atom is 0.227 e. The number of amides is 1.